The van der Waals surface area contributed by atoms with Crippen molar-refractivity contribution in [1.29, 1.82) is 0 Å². The van der Waals surface area contributed by atoms with Crippen LogP contribution in [0.5, 0.6) is 0 Å². The first-order valence-electron chi connectivity index (χ1n) is 24.8. The summed E-state index contributed by atoms with van der Waals surface area (Å²) in [6.07, 6.45) is -47.2. The molecule has 0 bridgehead atoms. The SMILES string of the molecule is CCC(CO)(CO)O[C@@H](OC1C(O)[C@H](O)C(CO)O[C@@H]1OCC1O[C@@H](O[C@@H]2C(CO)O[C@@H](O[C@@H]3C(CO)O[C@@H](C)C(NC(C)=O)C3O)C(NC(C)=O)C2O)C(O)C(O[C@H]2OC(CO)[C@@H](O)C(O)C2O)[C@@H]1O)C(O)NC(C)=O. The molecule has 0 aliphatic carbocycles. The molecule has 5 aliphatic heterocycles. The van der Waals surface area contributed by atoms with Gasteiger partial charge in [-0.25, -0.2) is 0 Å². The molecule has 5 rings (SSSR count). The van der Waals surface area contributed by atoms with Crippen LogP contribution in [-0.2, 0) is 66.5 Å². The Morgan fingerprint density at radius 2 is 0.974 bits per heavy atom. The van der Waals surface area contributed by atoms with Gasteiger partial charge >= 0.3 is 0 Å². The molecule has 27 atom stereocenters. The lowest BCUT2D eigenvalue weighted by molar-refractivity contribution is -0.387. The number of hydrogen-bond acceptors (Lipinski definition) is 30. The molecule has 5 heterocycles. The molecule has 33 nitrogen and oxygen atoms in total. The number of carbonyl (C=O) groups is 3. The molecule has 5 aliphatic rings. The van der Waals surface area contributed by atoms with E-state index in [4.69, 9.17) is 52.1 Å². The van der Waals surface area contributed by atoms with Gasteiger partial charge in [0.1, 0.15) is 122 Å². The zero-order valence-electron chi connectivity index (χ0n) is 42.6. The van der Waals surface area contributed by atoms with Crippen LogP contribution in [0.15, 0.2) is 0 Å². The molecule has 0 aromatic rings. The van der Waals surface area contributed by atoms with Crippen LogP contribution in [0.3, 0.4) is 0 Å². The van der Waals surface area contributed by atoms with E-state index in [-0.39, 0.29) is 6.42 Å². The predicted octanol–water partition coefficient (Wildman–Crippen LogP) is -11.6. The molecule has 19 N–H and O–H groups in total. The van der Waals surface area contributed by atoms with Gasteiger partial charge in [-0.15, -0.1) is 0 Å². The number of carbonyl (C=O) groups excluding carboxylic acids is 3. The quantitative estimate of drug-likeness (QED) is 0.0399. The minimum absolute atomic E-state index is 0.124. The minimum Gasteiger partial charge on any atom is -0.394 e. The molecule has 0 aromatic carbocycles. The number of ether oxygens (including phenoxy) is 11. The van der Waals surface area contributed by atoms with Gasteiger partial charge in [-0.05, 0) is 13.3 Å². The van der Waals surface area contributed by atoms with Crippen molar-refractivity contribution in [1.82, 2.24) is 16.0 Å². The van der Waals surface area contributed by atoms with Crippen LogP contribution < -0.4 is 16.0 Å². The van der Waals surface area contributed by atoms with Crippen LogP contribution in [0.25, 0.3) is 0 Å². The highest BCUT2D eigenvalue weighted by Gasteiger charge is 2.57. The second-order valence-electron chi connectivity index (χ2n) is 19.4. The van der Waals surface area contributed by atoms with Gasteiger partial charge in [0.05, 0.1) is 58.4 Å². The van der Waals surface area contributed by atoms with Crippen molar-refractivity contribution >= 4 is 17.7 Å². The molecule has 0 aromatic heterocycles. The van der Waals surface area contributed by atoms with E-state index in [1.165, 1.54) is 20.8 Å². The Kier molecular flexibility index (Phi) is 24.4. The maximum atomic E-state index is 12.7. The summed E-state index contributed by atoms with van der Waals surface area (Å²) < 4.78 is 64.4. The maximum Gasteiger partial charge on any atom is 0.218 e. The van der Waals surface area contributed by atoms with Crippen molar-refractivity contribution in [3.8, 4) is 0 Å². The molecule has 0 radical (unpaired) electrons. The van der Waals surface area contributed by atoms with E-state index < -0.39 is 235 Å². The second-order valence-corrected chi connectivity index (χ2v) is 19.4. The first kappa shape index (κ1) is 65.1. The standard InChI is InChI=1S/C44H77N3O30/c1-6-44(12-52,13-53)77-43(38(66)47-17(5)56)76-37-31(63)26(58)19(8-49)70-42(37)67-11-22-27(59)36(75-40-32(64)30(62)25(57)18(7-48)69-40)33(65)41(72-22)74-35-21(10-51)71-39(24(29(35)61)46-16(4)55)73-34-20(9-50)68-14(2)23(28(34)60)45-15(3)54/h14,18-43,48-53,57-66H,6-13H2,1-5H3,(H,45,54)(H,46,55)(H,47,56)/t14-,18?,19?,20?,21?,22?,23?,24?,25+,26+,27+,28?,29?,30?,31?,32?,33?,34+,35+,36?,37?,38?,39-,40+,41-,42-,43+/m0/s1. The third kappa shape index (κ3) is 15.3. The molecular weight excluding hydrogens is 1050 g/mol. The summed E-state index contributed by atoms with van der Waals surface area (Å²) in [4.78, 5) is 36.7. The topological polar surface area (TPSA) is 513 Å². The van der Waals surface area contributed by atoms with E-state index in [1.807, 2.05) is 0 Å². The Labute approximate surface area is 439 Å². The van der Waals surface area contributed by atoms with Crippen molar-refractivity contribution in [3.05, 3.63) is 0 Å². The van der Waals surface area contributed by atoms with Gasteiger partial charge in [0.25, 0.3) is 0 Å². The van der Waals surface area contributed by atoms with Crippen LogP contribution in [-0.4, -0.2) is 317 Å². The lowest BCUT2D eigenvalue weighted by Gasteiger charge is -2.50. The number of nitrogens with one attached hydrogen (secondary N) is 3. The van der Waals surface area contributed by atoms with E-state index in [9.17, 15) is 96.1 Å². The maximum absolute atomic E-state index is 12.7. The number of rotatable bonds is 24. The fourth-order valence-electron chi connectivity index (χ4n) is 9.39. The molecule has 448 valence electrons. The Bertz CT molecular complexity index is 1840. The van der Waals surface area contributed by atoms with Crippen LogP contribution in [0.2, 0.25) is 0 Å². The fourth-order valence-corrected chi connectivity index (χ4v) is 9.39. The normalized spacial score (nSPS) is 42.7. The van der Waals surface area contributed by atoms with Gasteiger partial charge in [-0.3, -0.25) is 14.4 Å². The molecule has 5 saturated heterocycles. The highest BCUT2D eigenvalue weighted by atomic mass is 16.8. The van der Waals surface area contributed by atoms with Crippen molar-refractivity contribution in [2.24, 2.45) is 0 Å². The highest BCUT2D eigenvalue weighted by Crippen LogP contribution is 2.36. The van der Waals surface area contributed by atoms with Gasteiger partial charge < -0.3 is 150 Å². The van der Waals surface area contributed by atoms with Gasteiger partial charge in [0.2, 0.25) is 24.0 Å². The Morgan fingerprint density at radius 1 is 0.506 bits per heavy atom. The number of hydrogen-bond donors (Lipinski definition) is 19. The highest BCUT2D eigenvalue weighted by molar-refractivity contribution is 5.74. The summed E-state index contributed by atoms with van der Waals surface area (Å²) in [5.74, 6) is -2.20. The zero-order chi connectivity index (χ0) is 57.4. The van der Waals surface area contributed by atoms with Crippen LogP contribution in [0.4, 0.5) is 0 Å². The number of amides is 3. The van der Waals surface area contributed by atoms with E-state index in [1.54, 1.807) is 0 Å². The lowest BCUT2D eigenvalue weighted by Crippen LogP contribution is -2.70. The van der Waals surface area contributed by atoms with Crippen LogP contribution in [0.1, 0.15) is 41.0 Å². The summed E-state index contributed by atoms with van der Waals surface area (Å²) in [6, 6.07) is -2.81. The minimum atomic E-state index is -2.27. The molecule has 3 amide bonds. The first-order chi connectivity index (χ1) is 36.3. The van der Waals surface area contributed by atoms with Crippen molar-refractivity contribution in [2.75, 3.05) is 46.2 Å². The van der Waals surface area contributed by atoms with Gasteiger partial charge in [-0.2, -0.15) is 0 Å². The van der Waals surface area contributed by atoms with Crippen molar-refractivity contribution in [3.63, 3.8) is 0 Å². The summed E-state index contributed by atoms with van der Waals surface area (Å²) in [5.41, 5.74) is -1.85. The van der Waals surface area contributed by atoms with E-state index in [0.717, 1.165) is 13.8 Å². The second kappa shape index (κ2) is 28.8. The number of aliphatic hydroxyl groups excluding tert-OH is 16. The third-order valence-corrected chi connectivity index (χ3v) is 13.8. The number of aliphatic hydroxyl groups is 16. The predicted molar refractivity (Wildman–Crippen MR) is 244 cm³/mol. The zero-order valence-corrected chi connectivity index (χ0v) is 42.6. The van der Waals surface area contributed by atoms with E-state index in [0.29, 0.717) is 0 Å². The first-order valence-corrected chi connectivity index (χ1v) is 24.8. The molecule has 77 heavy (non-hydrogen) atoms. The van der Waals surface area contributed by atoms with E-state index >= 15 is 0 Å². The fraction of sp³-hybridized carbons (Fsp3) is 0.932. The Balaban J connectivity index is 1.49. The monoisotopic (exact) mass is 1130 g/mol. The lowest BCUT2D eigenvalue weighted by atomic mass is 9.92. The summed E-state index contributed by atoms with van der Waals surface area (Å²) in [7, 11) is 0. The Hall–Kier alpha value is -2.67. The molecule has 33 heteroatoms. The van der Waals surface area contributed by atoms with Crippen LogP contribution >= 0.6 is 0 Å². The molecule has 0 spiro atoms. The van der Waals surface area contributed by atoms with Gasteiger partial charge in [0.15, 0.2) is 31.4 Å². The van der Waals surface area contributed by atoms with Crippen LogP contribution in [0, 0.1) is 0 Å². The average molecular weight is 1130 g/mol. The van der Waals surface area contributed by atoms with E-state index in [2.05, 4.69) is 16.0 Å². The molecular formula is C44H77N3O30. The Morgan fingerprint density at radius 3 is 1.51 bits per heavy atom. The average Bonchev–Trinajstić information content (AvgIpc) is 3.40. The summed E-state index contributed by atoms with van der Waals surface area (Å²) in [5, 5.41) is 180. The van der Waals surface area contributed by atoms with Gasteiger partial charge in [0, 0.05) is 20.8 Å². The molecule has 16 unspecified atom stereocenters. The molecule has 5 fully saturated rings. The van der Waals surface area contributed by atoms with Crippen molar-refractivity contribution in [2.45, 2.75) is 212 Å². The van der Waals surface area contributed by atoms with Crippen molar-refractivity contribution < 1.29 is 148 Å². The summed E-state index contributed by atoms with van der Waals surface area (Å²) in [6.45, 7) is -0.228. The summed E-state index contributed by atoms with van der Waals surface area (Å²) >= 11 is 0. The smallest absolute Gasteiger partial charge is 0.218 e. The third-order valence-electron chi connectivity index (χ3n) is 13.8. The molecule has 0 saturated carbocycles. The van der Waals surface area contributed by atoms with Gasteiger partial charge in [-0.1, -0.05) is 6.92 Å². The largest absolute Gasteiger partial charge is 0.394 e.